The molecule has 1 aromatic carbocycles. The first-order valence-corrected chi connectivity index (χ1v) is 6.16. The fourth-order valence-corrected chi connectivity index (χ4v) is 2.04. The van der Waals surface area contributed by atoms with E-state index in [1.54, 1.807) is 0 Å². The zero-order valence-electron chi connectivity index (χ0n) is 11.8. The van der Waals surface area contributed by atoms with Crippen molar-refractivity contribution in [3.05, 3.63) is 28.8 Å². The lowest BCUT2D eigenvalue weighted by Crippen LogP contribution is -2.54. The third-order valence-electron chi connectivity index (χ3n) is 3.06. The Balaban J connectivity index is 3.48. The van der Waals surface area contributed by atoms with Crippen molar-refractivity contribution in [2.24, 2.45) is 5.73 Å². The smallest absolute Gasteiger partial charge is 0.430 e. The Bertz CT molecular complexity index is 501. The third-order valence-corrected chi connectivity index (χ3v) is 3.06. The van der Waals surface area contributed by atoms with Crippen molar-refractivity contribution >= 4 is 0 Å². The zero-order chi connectivity index (χ0) is 17.3. The van der Waals surface area contributed by atoms with Gasteiger partial charge in [-0.2, -0.15) is 26.3 Å². The third kappa shape index (κ3) is 3.14. The lowest BCUT2D eigenvalue weighted by atomic mass is 9.89. The minimum absolute atomic E-state index is 0.0374. The molecule has 0 amide bonds. The van der Waals surface area contributed by atoms with E-state index in [0.717, 1.165) is 0 Å². The molecule has 0 spiro atoms. The van der Waals surface area contributed by atoms with Gasteiger partial charge in [0.2, 0.25) is 0 Å². The van der Waals surface area contributed by atoms with Gasteiger partial charge in [-0.3, -0.25) is 0 Å². The van der Waals surface area contributed by atoms with Gasteiger partial charge in [-0.15, -0.1) is 0 Å². The minimum atomic E-state index is -5.91. The van der Waals surface area contributed by atoms with Crippen LogP contribution in [0.1, 0.15) is 16.7 Å². The number of hydrogen-bond donors (Lipinski definition) is 2. The highest BCUT2D eigenvalue weighted by molar-refractivity contribution is 5.46. The fourth-order valence-electron chi connectivity index (χ4n) is 2.04. The summed E-state index contributed by atoms with van der Waals surface area (Å²) in [5, 5.41) is 9.36. The second kappa shape index (κ2) is 5.96. The summed E-state index contributed by atoms with van der Waals surface area (Å²) in [6.45, 7) is 2.77. The second-order valence-electron chi connectivity index (χ2n) is 4.78. The van der Waals surface area contributed by atoms with E-state index in [4.69, 9.17) is 10.5 Å². The maximum Gasteiger partial charge on any atom is 0.430 e. The molecule has 0 unspecified atom stereocenters. The molecular formula is C13H15F6NO2. The summed E-state index contributed by atoms with van der Waals surface area (Å²) in [5.74, 6) is 0.140. The summed E-state index contributed by atoms with van der Waals surface area (Å²) in [6.07, 6.45) is -11.8. The highest BCUT2D eigenvalue weighted by Gasteiger charge is 2.71. The summed E-state index contributed by atoms with van der Waals surface area (Å²) >= 11 is 0. The quantitative estimate of drug-likeness (QED) is 0.834. The first-order valence-electron chi connectivity index (χ1n) is 6.16. The fraction of sp³-hybridized carbons (Fsp3) is 0.538. The Labute approximate surface area is 122 Å². The van der Waals surface area contributed by atoms with E-state index in [0.29, 0.717) is 12.1 Å². The molecular weight excluding hydrogens is 316 g/mol. The van der Waals surface area contributed by atoms with E-state index in [-0.39, 0.29) is 30.0 Å². The molecule has 22 heavy (non-hydrogen) atoms. The van der Waals surface area contributed by atoms with Gasteiger partial charge in [0, 0.05) is 12.1 Å². The van der Waals surface area contributed by atoms with Gasteiger partial charge in [0.05, 0.1) is 0 Å². The lowest BCUT2D eigenvalue weighted by molar-refractivity contribution is -0.376. The van der Waals surface area contributed by atoms with E-state index in [9.17, 15) is 31.4 Å². The van der Waals surface area contributed by atoms with E-state index < -0.39 is 23.5 Å². The molecule has 0 aliphatic heterocycles. The van der Waals surface area contributed by atoms with Crippen LogP contribution in [0, 0.1) is 13.8 Å². The Morgan fingerprint density at radius 1 is 1.00 bits per heavy atom. The van der Waals surface area contributed by atoms with E-state index in [1.807, 2.05) is 0 Å². The van der Waals surface area contributed by atoms with Crippen molar-refractivity contribution in [3.8, 4) is 5.75 Å². The van der Waals surface area contributed by atoms with E-state index >= 15 is 0 Å². The largest absolute Gasteiger partial charge is 0.492 e. The molecule has 1 aromatic rings. The van der Waals surface area contributed by atoms with Gasteiger partial charge in [0.25, 0.3) is 5.60 Å². The van der Waals surface area contributed by atoms with Crippen LogP contribution in [0.2, 0.25) is 0 Å². The van der Waals surface area contributed by atoms with Crippen LogP contribution in [-0.2, 0) is 5.60 Å². The van der Waals surface area contributed by atoms with Crippen LogP contribution in [0.15, 0.2) is 12.1 Å². The Morgan fingerprint density at radius 3 is 1.73 bits per heavy atom. The van der Waals surface area contributed by atoms with Crippen molar-refractivity contribution in [2.75, 3.05) is 13.2 Å². The molecule has 0 atom stereocenters. The number of ether oxygens (including phenoxy) is 1. The Hall–Kier alpha value is -1.48. The van der Waals surface area contributed by atoms with Crippen molar-refractivity contribution in [3.63, 3.8) is 0 Å². The van der Waals surface area contributed by atoms with Crippen LogP contribution in [0.25, 0.3) is 0 Å². The molecule has 0 aliphatic rings. The average molecular weight is 331 g/mol. The molecule has 0 saturated heterocycles. The van der Waals surface area contributed by atoms with Gasteiger partial charge < -0.3 is 15.6 Å². The standard InChI is InChI=1S/C13H15F6NO2/c1-7-5-9(6-8(2)10(7)22-4-3-20)11(21,12(14,15)16)13(17,18)19/h5-6,21H,3-4,20H2,1-2H3. The Morgan fingerprint density at radius 2 is 1.41 bits per heavy atom. The normalized spacial score (nSPS) is 13.4. The maximum absolute atomic E-state index is 12.8. The van der Waals surface area contributed by atoms with Crippen LogP contribution in [0.4, 0.5) is 26.3 Å². The first kappa shape index (κ1) is 18.6. The lowest BCUT2D eigenvalue weighted by Gasteiger charge is -2.33. The molecule has 0 aromatic heterocycles. The summed E-state index contributed by atoms with van der Waals surface area (Å²) in [4.78, 5) is 0. The van der Waals surface area contributed by atoms with Crippen LogP contribution < -0.4 is 10.5 Å². The van der Waals surface area contributed by atoms with Crippen LogP contribution >= 0.6 is 0 Å². The summed E-state index contributed by atoms with van der Waals surface area (Å²) in [5.41, 5.74) is -0.944. The molecule has 0 bridgehead atoms. The van der Waals surface area contributed by atoms with Gasteiger partial charge in [-0.1, -0.05) is 0 Å². The number of hydrogen-bond acceptors (Lipinski definition) is 3. The summed E-state index contributed by atoms with van der Waals surface area (Å²) < 4.78 is 82.2. The number of alkyl halides is 6. The number of halogens is 6. The molecule has 126 valence electrons. The van der Waals surface area contributed by atoms with Gasteiger partial charge >= 0.3 is 12.4 Å². The highest BCUT2D eigenvalue weighted by atomic mass is 19.4. The summed E-state index contributed by atoms with van der Waals surface area (Å²) in [7, 11) is 0. The highest BCUT2D eigenvalue weighted by Crippen LogP contribution is 2.50. The number of nitrogens with two attached hydrogens (primary N) is 1. The molecule has 3 N–H and O–H groups in total. The van der Waals surface area contributed by atoms with Gasteiger partial charge in [-0.25, -0.2) is 0 Å². The maximum atomic E-state index is 12.8. The molecule has 0 saturated carbocycles. The van der Waals surface area contributed by atoms with Gasteiger partial charge in [0.15, 0.2) is 0 Å². The van der Waals surface area contributed by atoms with Crippen molar-refractivity contribution in [1.82, 2.24) is 0 Å². The predicted octanol–water partition coefficient (Wildman–Crippen LogP) is 2.95. The molecule has 0 fully saturated rings. The van der Waals surface area contributed by atoms with Gasteiger partial charge in [-0.05, 0) is 37.1 Å². The molecule has 3 nitrogen and oxygen atoms in total. The molecule has 0 heterocycles. The first-order chi connectivity index (χ1) is 9.86. The van der Waals surface area contributed by atoms with Crippen molar-refractivity contribution < 1.29 is 36.2 Å². The van der Waals surface area contributed by atoms with Crippen LogP contribution in [0.5, 0.6) is 5.75 Å². The van der Waals surface area contributed by atoms with E-state index in [1.165, 1.54) is 13.8 Å². The van der Waals surface area contributed by atoms with Crippen LogP contribution in [-0.4, -0.2) is 30.6 Å². The van der Waals surface area contributed by atoms with Crippen molar-refractivity contribution in [1.29, 1.82) is 0 Å². The number of benzene rings is 1. The molecule has 0 radical (unpaired) electrons. The average Bonchev–Trinajstić information content (AvgIpc) is 2.33. The van der Waals surface area contributed by atoms with Gasteiger partial charge in [0.1, 0.15) is 12.4 Å². The predicted molar refractivity (Wildman–Crippen MR) is 66.5 cm³/mol. The summed E-state index contributed by atoms with van der Waals surface area (Å²) in [6, 6.07) is 1.22. The zero-order valence-corrected chi connectivity index (χ0v) is 11.8. The topological polar surface area (TPSA) is 55.5 Å². The molecule has 0 aliphatic carbocycles. The molecule has 9 heteroatoms. The minimum Gasteiger partial charge on any atom is -0.492 e. The number of rotatable bonds is 4. The Kier molecular flexibility index (Phi) is 5.03. The monoisotopic (exact) mass is 331 g/mol. The number of aryl methyl sites for hydroxylation is 2. The second-order valence-corrected chi connectivity index (χ2v) is 4.78. The number of aliphatic hydroxyl groups is 1. The van der Waals surface area contributed by atoms with E-state index in [2.05, 4.69) is 0 Å². The molecule has 1 rings (SSSR count). The SMILES string of the molecule is Cc1cc(C(O)(C(F)(F)F)C(F)(F)F)cc(C)c1OCCN. The van der Waals surface area contributed by atoms with Crippen LogP contribution in [0.3, 0.4) is 0 Å². The van der Waals surface area contributed by atoms with Crippen molar-refractivity contribution in [2.45, 2.75) is 31.8 Å².